The van der Waals surface area contributed by atoms with E-state index < -0.39 is 24.0 Å². The van der Waals surface area contributed by atoms with E-state index in [0.717, 1.165) is 12.1 Å². The highest BCUT2D eigenvalue weighted by molar-refractivity contribution is 7.80. The Labute approximate surface area is 109 Å². The zero-order chi connectivity index (χ0) is 14.1. The Morgan fingerprint density at radius 1 is 1.22 bits per heavy atom. The Hall–Kier alpha value is -1.11. The molecule has 0 saturated carbocycles. The fourth-order valence-corrected chi connectivity index (χ4v) is 1.57. The minimum absolute atomic E-state index is 0.0764. The van der Waals surface area contributed by atoms with Crippen molar-refractivity contribution in [1.29, 1.82) is 0 Å². The lowest BCUT2D eigenvalue weighted by atomic mass is 9.79. The lowest BCUT2D eigenvalue weighted by Crippen LogP contribution is -2.35. The molecule has 18 heavy (non-hydrogen) atoms. The van der Waals surface area contributed by atoms with Crippen LogP contribution < -0.4 is 5.46 Å². The number of hydrogen-bond acceptors (Lipinski definition) is 3. The minimum Gasteiger partial charge on any atom is -0.456 e. The lowest BCUT2D eigenvalue weighted by molar-refractivity contribution is 0.00694. The van der Waals surface area contributed by atoms with E-state index in [1.54, 1.807) is 20.8 Å². The Kier molecular flexibility index (Phi) is 4.05. The number of hydrogen-bond donors (Lipinski definition) is 1. The summed E-state index contributed by atoms with van der Waals surface area (Å²) in [4.78, 5) is 11.8. The molecule has 0 aliphatic rings. The molecule has 0 N–H and O–H groups in total. The van der Waals surface area contributed by atoms with E-state index >= 15 is 0 Å². The van der Waals surface area contributed by atoms with Crippen molar-refractivity contribution in [3.05, 3.63) is 23.8 Å². The number of esters is 1. The topological polar surface area (TPSA) is 26.3 Å². The van der Waals surface area contributed by atoms with Crippen LogP contribution in [0.1, 0.15) is 31.1 Å². The molecular formula is C11H13BF3O2S-. The molecule has 1 aromatic carbocycles. The molecule has 0 spiro atoms. The van der Waals surface area contributed by atoms with Crippen molar-refractivity contribution in [2.75, 3.05) is 0 Å². The summed E-state index contributed by atoms with van der Waals surface area (Å²) >= 11 is 3.86. The van der Waals surface area contributed by atoms with Gasteiger partial charge in [-0.05, 0) is 26.8 Å². The lowest BCUT2D eigenvalue weighted by Gasteiger charge is -2.21. The molecule has 0 amide bonds. The molecule has 1 aromatic rings. The molecule has 100 valence electrons. The van der Waals surface area contributed by atoms with Crippen LogP contribution in [0, 0.1) is 0 Å². The van der Waals surface area contributed by atoms with Gasteiger partial charge in [0.15, 0.2) is 0 Å². The summed E-state index contributed by atoms with van der Waals surface area (Å²) in [6.45, 7) is -0.237. The molecule has 0 unspecified atom stereocenters. The second kappa shape index (κ2) is 4.88. The molecular weight excluding hydrogens is 264 g/mol. The van der Waals surface area contributed by atoms with Crippen LogP contribution >= 0.6 is 12.6 Å². The third kappa shape index (κ3) is 4.29. The molecule has 0 saturated heterocycles. The van der Waals surface area contributed by atoms with Crippen LogP contribution in [-0.2, 0) is 4.74 Å². The molecule has 0 aliphatic heterocycles. The summed E-state index contributed by atoms with van der Waals surface area (Å²) in [6, 6.07) is 2.92. The third-order valence-corrected chi connectivity index (χ3v) is 2.21. The largest absolute Gasteiger partial charge is 0.509 e. The van der Waals surface area contributed by atoms with Gasteiger partial charge >= 0.3 is 12.9 Å². The Balaban J connectivity index is 3.11. The van der Waals surface area contributed by atoms with Gasteiger partial charge in [0.2, 0.25) is 0 Å². The van der Waals surface area contributed by atoms with E-state index in [9.17, 15) is 17.7 Å². The second-order valence-electron chi connectivity index (χ2n) is 4.89. The van der Waals surface area contributed by atoms with Crippen molar-refractivity contribution in [2.45, 2.75) is 31.3 Å². The Morgan fingerprint density at radius 3 is 2.22 bits per heavy atom. The van der Waals surface area contributed by atoms with Crippen molar-refractivity contribution in [3.8, 4) is 0 Å². The van der Waals surface area contributed by atoms with Crippen molar-refractivity contribution in [3.63, 3.8) is 0 Å². The van der Waals surface area contributed by atoms with Crippen LogP contribution in [-0.4, -0.2) is 18.5 Å². The number of benzene rings is 1. The number of carbonyl (C=O) groups is 1. The van der Waals surface area contributed by atoms with Gasteiger partial charge in [-0.25, -0.2) is 4.79 Å². The predicted octanol–water partition coefficient (Wildman–Crippen LogP) is 2.99. The molecule has 0 radical (unpaired) electrons. The van der Waals surface area contributed by atoms with Crippen molar-refractivity contribution < 1.29 is 22.5 Å². The van der Waals surface area contributed by atoms with Gasteiger partial charge in [-0.2, -0.15) is 0 Å². The Morgan fingerprint density at radius 2 is 1.78 bits per heavy atom. The van der Waals surface area contributed by atoms with Crippen LogP contribution in [0.15, 0.2) is 23.1 Å². The first kappa shape index (κ1) is 15.0. The number of ether oxygens (including phenoxy) is 1. The quantitative estimate of drug-likeness (QED) is 0.511. The smallest absolute Gasteiger partial charge is 0.456 e. The summed E-state index contributed by atoms with van der Waals surface area (Å²) in [6.07, 6.45) is 0. The summed E-state index contributed by atoms with van der Waals surface area (Å²) in [7, 11) is 0. The van der Waals surface area contributed by atoms with E-state index in [0.29, 0.717) is 0 Å². The monoisotopic (exact) mass is 277 g/mol. The van der Waals surface area contributed by atoms with E-state index in [4.69, 9.17) is 4.74 Å². The highest BCUT2D eigenvalue weighted by atomic mass is 32.1. The average molecular weight is 277 g/mol. The normalized spacial score (nSPS) is 12.4. The van der Waals surface area contributed by atoms with E-state index in [-0.39, 0.29) is 10.5 Å². The second-order valence-corrected chi connectivity index (χ2v) is 5.41. The molecule has 0 bridgehead atoms. The maximum atomic E-state index is 12.6. The third-order valence-electron chi connectivity index (χ3n) is 1.95. The number of halogens is 3. The highest BCUT2D eigenvalue weighted by Crippen LogP contribution is 2.17. The van der Waals surface area contributed by atoms with Gasteiger partial charge in [0, 0.05) is 4.90 Å². The zero-order valence-corrected chi connectivity index (χ0v) is 11.1. The van der Waals surface area contributed by atoms with Crippen LogP contribution in [0.3, 0.4) is 0 Å². The number of carbonyl (C=O) groups excluding carboxylic acids is 1. The maximum absolute atomic E-state index is 12.6. The molecule has 0 heterocycles. The van der Waals surface area contributed by atoms with Gasteiger partial charge in [-0.3, -0.25) is 0 Å². The summed E-state index contributed by atoms with van der Waals surface area (Å²) in [5.41, 5.74) is -1.76. The van der Waals surface area contributed by atoms with Crippen LogP contribution in [0.25, 0.3) is 0 Å². The summed E-state index contributed by atoms with van der Waals surface area (Å²) in [5, 5.41) is 0. The number of thiol groups is 1. The average Bonchev–Trinajstić information content (AvgIpc) is 2.12. The summed E-state index contributed by atoms with van der Waals surface area (Å²) < 4.78 is 42.9. The van der Waals surface area contributed by atoms with Crippen molar-refractivity contribution in [2.24, 2.45) is 0 Å². The number of rotatable bonds is 2. The van der Waals surface area contributed by atoms with Gasteiger partial charge in [-0.1, -0.05) is 12.1 Å². The molecule has 0 aliphatic carbocycles. The van der Waals surface area contributed by atoms with Crippen molar-refractivity contribution >= 4 is 31.0 Å². The Bertz CT molecular complexity index is 466. The van der Waals surface area contributed by atoms with Gasteiger partial charge < -0.3 is 17.7 Å². The van der Waals surface area contributed by atoms with Gasteiger partial charge in [0.05, 0.1) is 5.56 Å². The fourth-order valence-electron chi connectivity index (χ4n) is 1.28. The first-order chi connectivity index (χ1) is 7.99. The van der Waals surface area contributed by atoms with Gasteiger partial charge in [0.25, 0.3) is 0 Å². The SMILES string of the molecule is CC(C)(C)OC(=O)c1cc(S)cc([B-](F)(F)F)c1. The fraction of sp³-hybridized carbons (Fsp3) is 0.364. The molecule has 7 heteroatoms. The first-order valence-electron chi connectivity index (χ1n) is 5.26. The summed E-state index contributed by atoms with van der Waals surface area (Å²) in [5.74, 6) is -0.792. The van der Waals surface area contributed by atoms with Crippen LogP contribution in [0.5, 0.6) is 0 Å². The van der Waals surface area contributed by atoms with Crippen molar-refractivity contribution in [1.82, 2.24) is 0 Å². The van der Waals surface area contributed by atoms with E-state index in [1.807, 2.05) is 0 Å². The molecule has 2 nitrogen and oxygen atoms in total. The maximum Gasteiger partial charge on any atom is 0.509 e. The highest BCUT2D eigenvalue weighted by Gasteiger charge is 2.27. The first-order valence-corrected chi connectivity index (χ1v) is 5.71. The molecule has 0 fully saturated rings. The van der Waals surface area contributed by atoms with E-state index in [1.165, 1.54) is 6.07 Å². The van der Waals surface area contributed by atoms with Crippen LogP contribution in [0.4, 0.5) is 12.9 Å². The van der Waals surface area contributed by atoms with E-state index in [2.05, 4.69) is 12.6 Å². The molecule has 0 atom stereocenters. The molecule has 1 rings (SSSR count). The minimum atomic E-state index is -5.17. The van der Waals surface area contributed by atoms with Gasteiger partial charge in [0.1, 0.15) is 5.60 Å². The molecule has 0 aromatic heterocycles. The van der Waals surface area contributed by atoms with Gasteiger partial charge in [-0.15, -0.1) is 18.1 Å². The standard InChI is InChI=1S/C11H13BF3O2S/c1-11(2,3)17-10(16)7-4-8(12(13,14)15)6-9(18)5-7/h4-6,18H,1-3H3/q-1. The van der Waals surface area contributed by atoms with Crippen LogP contribution in [0.2, 0.25) is 0 Å². The zero-order valence-electron chi connectivity index (χ0n) is 10.2. The predicted molar refractivity (Wildman–Crippen MR) is 67.6 cm³/mol.